The number of ether oxygens (including phenoxy) is 1. The van der Waals surface area contributed by atoms with Crippen molar-refractivity contribution in [2.75, 3.05) is 31.3 Å². The number of aryl methyl sites for hydroxylation is 1. The van der Waals surface area contributed by atoms with Gasteiger partial charge < -0.3 is 25.7 Å². The molecular weight excluding hydrogens is 392 g/mol. The van der Waals surface area contributed by atoms with Crippen molar-refractivity contribution in [1.29, 1.82) is 0 Å². The average Bonchev–Trinajstić information content (AvgIpc) is 3.15. The quantitative estimate of drug-likeness (QED) is 0.379. The van der Waals surface area contributed by atoms with Crippen molar-refractivity contribution in [1.82, 2.24) is 19.9 Å². The summed E-state index contributed by atoms with van der Waals surface area (Å²) in [4.78, 5) is 21.4. The number of nitrogen functional groups attached to an aromatic ring is 1. The number of fused-ring (bicyclic) bond motifs is 3. The molecule has 2 heterocycles. The molecule has 0 fully saturated rings. The van der Waals surface area contributed by atoms with Crippen molar-refractivity contribution in [3.8, 4) is 0 Å². The number of hydrogen-bond donors (Lipinski definition) is 3. The molecule has 160 valence electrons. The molecule has 0 aliphatic carbocycles. The van der Waals surface area contributed by atoms with Crippen LogP contribution in [0.2, 0.25) is 0 Å². The number of pyridine rings is 1. The highest BCUT2D eigenvalue weighted by atomic mass is 16.5. The van der Waals surface area contributed by atoms with E-state index in [1.54, 1.807) is 7.11 Å². The minimum Gasteiger partial charge on any atom is -0.384 e. The van der Waals surface area contributed by atoms with Crippen LogP contribution >= 0.6 is 0 Å². The number of nitrogens with one attached hydrogen (secondary N) is 2. The van der Waals surface area contributed by atoms with Crippen molar-refractivity contribution in [3.63, 3.8) is 0 Å². The lowest BCUT2D eigenvalue weighted by Gasteiger charge is -2.12. The Kier molecular flexibility index (Phi) is 6.28. The van der Waals surface area contributed by atoms with Crippen molar-refractivity contribution in [2.45, 2.75) is 19.4 Å². The maximum atomic E-state index is 12.1. The summed E-state index contributed by atoms with van der Waals surface area (Å²) >= 11 is 0. The van der Waals surface area contributed by atoms with Crippen LogP contribution in [0.4, 0.5) is 16.3 Å². The summed E-state index contributed by atoms with van der Waals surface area (Å²) in [6, 6.07) is 17.1. The second kappa shape index (κ2) is 9.44. The van der Waals surface area contributed by atoms with Crippen LogP contribution in [-0.4, -0.2) is 40.8 Å². The summed E-state index contributed by atoms with van der Waals surface area (Å²) in [5.41, 5.74) is 9.50. The molecule has 0 bridgehead atoms. The van der Waals surface area contributed by atoms with E-state index in [-0.39, 0.29) is 6.03 Å². The highest BCUT2D eigenvalue weighted by molar-refractivity contribution is 6.06. The normalized spacial score (nSPS) is 11.1. The Labute approximate surface area is 180 Å². The second-order valence-corrected chi connectivity index (χ2v) is 7.23. The molecule has 0 atom stereocenters. The Morgan fingerprint density at radius 1 is 1.10 bits per heavy atom. The molecule has 8 nitrogen and oxygen atoms in total. The standard InChI is InChI=1S/C23H26N6O2/c1-31-15-12-19-28-20-21(17-10-5-6-11-18(17)27-22(20)24)29(19)14-7-13-25-23(30)26-16-8-3-2-4-9-16/h2-6,8-11H,7,12-15H2,1H3,(H2,24,27)(H2,25,26,30). The van der Waals surface area contributed by atoms with Gasteiger partial charge in [-0.2, -0.15) is 0 Å². The summed E-state index contributed by atoms with van der Waals surface area (Å²) in [6.45, 7) is 1.78. The number of nitrogens with two attached hydrogens (primary N) is 1. The Hall–Kier alpha value is -3.65. The topological polar surface area (TPSA) is 107 Å². The van der Waals surface area contributed by atoms with Crippen LogP contribution in [0, 0.1) is 0 Å². The summed E-state index contributed by atoms with van der Waals surface area (Å²) in [7, 11) is 1.67. The zero-order chi connectivity index (χ0) is 21.6. The first-order valence-electron chi connectivity index (χ1n) is 10.3. The van der Waals surface area contributed by atoms with Gasteiger partial charge in [0.25, 0.3) is 0 Å². The molecule has 0 radical (unpaired) electrons. The maximum absolute atomic E-state index is 12.1. The summed E-state index contributed by atoms with van der Waals surface area (Å²) in [6.07, 6.45) is 1.41. The Bertz CT molecular complexity index is 1190. The Morgan fingerprint density at radius 3 is 2.68 bits per heavy atom. The molecule has 31 heavy (non-hydrogen) atoms. The molecule has 0 saturated carbocycles. The van der Waals surface area contributed by atoms with Gasteiger partial charge in [-0.1, -0.05) is 36.4 Å². The predicted octanol–water partition coefficient (Wildman–Crippen LogP) is 3.57. The van der Waals surface area contributed by atoms with Gasteiger partial charge in [0.05, 0.1) is 17.6 Å². The second-order valence-electron chi connectivity index (χ2n) is 7.23. The van der Waals surface area contributed by atoms with E-state index in [0.29, 0.717) is 37.5 Å². The number of rotatable bonds is 8. The van der Waals surface area contributed by atoms with Crippen molar-refractivity contribution < 1.29 is 9.53 Å². The van der Waals surface area contributed by atoms with E-state index in [4.69, 9.17) is 15.5 Å². The number of methoxy groups -OCH3 is 1. The van der Waals surface area contributed by atoms with Gasteiger partial charge in [0, 0.05) is 37.7 Å². The zero-order valence-electron chi connectivity index (χ0n) is 17.5. The lowest BCUT2D eigenvalue weighted by atomic mass is 10.2. The van der Waals surface area contributed by atoms with E-state index >= 15 is 0 Å². The minimum atomic E-state index is -0.222. The molecule has 2 amide bonds. The van der Waals surface area contributed by atoms with Crippen molar-refractivity contribution in [3.05, 3.63) is 60.4 Å². The summed E-state index contributed by atoms with van der Waals surface area (Å²) in [5.74, 6) is 1.32. The Balaban J connectivity index is 1.52. The van der Waals surface area contributed by atoms with E-state index < -0.39 is 0 Å². The number of nitrogens with zero attached hydrogens (tertiary/aromatic N) is 3. The number of amides is 2. The summed E-state index contributed by atoms with van der Waals surface area (Å²) < 4.78 is 7.43. The first kappa shape index (κ1) is 20.6. The van der Waals surface area contributed by atoms with Crippen molar-refractivity contribution >= 4 is 39.5 Å². The Morgan fingerprint density at radius 2 is 1.87 bits per heavy atom. The van der Waals surface area contributed by atoms with E-state index in [1.807, 2.05) is 54.6 Å². The van der Waals surface area contributed by atoms with Crippen LogP contribution in [-0.2, 0) is 17.7 Å². The number of carbonyl (C=O) groups excluding carboxylic acids is 1. The smallest absolute Gasteiger partial charge is 0.319 e. The lowest BCUT2D eigenvalue weighted by Crippen LogP contribution is -2.30. The third-order valence-corrected chi connectivity index (χ3v) is 5.09. The van der Waals surface area contributed by atoms with E-state index in [0.717, 1.165) is 34.4 Å². The number of aromatic nitrogens is 3. The van der Waals surface area contributed by atoms with Gasteiger partial charge in [-0.05, 0) is 24.6 Å². The van der Waals surface area contributed by atoms with Gasteiger partial charge in [0.1, 0.15) is 11.3 Å². The first-order chi connectivity index (χ1) is 15.2. The van der Waals surface area contributed by atoms with E-state index in [2.05, 4.69) is 20.2 Å². The monoisotopic (exact) mass is 418 g/mol. The van der Waals surface area contributed by atoms with Gasteiger partial charge in [0.2, 0.25) is 0 Å². The number of imidazole rings is 1. The van der Waals surface area contributed by atoms with Gasteiger partial charge >= 0.3 is 6.03 Å². The highest BCUT2D eigenvalue weighted by Gasteiger charge is 2.17. The largest absolute Gasteiger partial charge is 0.384 e. The molecular formula is C23H26N6O2. The predicted molar refractivity (Wildman–Crippen MR) is 123 cm³/mol. The first-order valence-corrected chi connectivity index (χ1v) is 10.3. The number of hydrogen-bond acceptors (Lipinski definition) is 5. The molecule has 0 aliphatic heterocycles. The van der Waals surface area contributed by atoms with Gasteiger partial charge in [-0.15, -0.1) is 0 Å². The number of urea groups is 1. The van der Waals surface area contributed by atoms with E-state index in [1.165, 1.54) is 0 Å². The van der Waals surface area contributed by atoms with Gasteiger partial charge in [0.15, 0.2) is 5.82 Å². The van der Waals surface area contributed by atoms with Crippen LogP contribution in [0.1, 0.15) is 12.2 Å². The number of benzene rings is 2. The molecule has 0 spiro atoms. The molecule has 0 unspecified atom stereocenters. The van der Waals surface area contributed by atoms with Crippen LogP contribution < -0.4 is 16.4 Å². The molecule has 4 aromatic rings. The molecule has 4 rings (SSSR count). The molecule has 2 aromatic heterocycles. The molecule has 4 N–H and O–H groups in total. The third kappa shape index (κ3) is 4.59. The number of carbonyl (C=O) groups is 1. The average molecular weight is 419 g/mol. The number of anilines is 2. The van der Waals surface area contributed by atoms with Crippen LogP contribution in [0.3, 0.4) is 0 Å². The van der Waals surface area contributed by atoms with Gasteiger partial charge in [-0.25, -0.2) is 14.8 Å². The fourth-order valence-electron chi connectivity index (χ4n) is 3.67. The SMILES string of the molecule is COCCc1nc2c(N)nc3ccccc3c2n1CCCNC(=O)Nc1ccccc1. The molecule has 0 aliphatic rings. The third-order valence-electron chi connectivity index (χ3n) is 5.09. The number of para-hydroxylation sites is 2. The van der Waals surface area contributed by atoms with Crippen LogP contribution in [0.15, 0.2) is 54.6 Å². The fourth-order valence-corrected chi connectivity index (χ4v) is 3.67. The van der Waals surface area contributed by atoms with Gasteiger partial charge in [-0.3, -0.25) is 0 Å². The van der Waals surface area contributed by atoms with Crippen LogP contribution in [0.25, 0.3) is 21.9 Å². The minimum absolute atomic E-state index is 0.222. The molecule has 8 heteroatoms. The summed E-state index contributed by atoms with van der Waals surface area (Å²) in [5, 5.41) is 6.74. The maximum Gasteiger partial charge on any atom is 0.319 e. The lowest BCUT2D eigenvalue weighted by molar-refractivity contribution is 0.199. The highest BCUT2D eigenvalue weighted by Crippen LogP contribution is 2.29. The van der Waals surface area contributed by atoms with Crippen LogP contribution in [0.5, 0.6) is 0 Å². The fraction of sp³-hybridized carbons (Fsp3) is 0.261. The molecule has 0 saturated heterocycles. The van der Waals surface area contributed by atoms with E-state index in [9.17, 15) is 4.79 Å². The zero-order valence-corrected chi connectivity index (χ0v) is 17.5. The molecule has 2 aromatic carbocycles. The van der Waals surface area contributed by atoms with Crippen molar-refractivity contribution in [2.24, 2.45) is 0 Å².